The maximum atomic E-state index is 12.9. The van der Waals surface area contributed by atoms with Gasteiger partial charge >= 0.3 is 0 Å². The van der Waals surface area contributed by atoms with Gasteiger partial charge in [0, 0.05) is 24.4 Å². The molecule has 3 aromatic rings. The number of allylic oxidation sites excluding steroid dienone is 3. The second kappa shape index (κ2) is 15.8. The number of hydrogen-bond donors (Lipinski definition) is 4. The minimum atomic E-state index is -0.281. The molecule has 2 unspecified atom stereocenters. The lowest BCUT2D eigenvalue weighted by Crippen LogP contribution is -2.39. The number of methoxy groups -OCH3 is 1. The van der Waals surface area contributed by atoms with Gasteiger partial charge in [-0.15, -0.1) is 13.2 Å². The minimum absolute atomic E-state index is 0.0590. The molecular formula is C33H40N6O4. The highest BCUT2D eigenvalue weighted by Gasteiger charge is 2.32. The highest BCUT2D eigenvalue weighted by molar-refractivity contribution is 5.98. The lowest BCUT2D eigenvalue weighted by molar-refractivity contribution is 0.0956. The number of pyridine rings is 1. The maximum absolute atomic E-state index is 12.9. The topological polar surface area (TPSA) is 134 Å². The van der Waals surface area contributed by atoms with Gasteiger partial charge in [0.1, 0.15) is 6.17 Å². The summed E-state index contributed by atoms with van der Waals surface area (Å²) in [5, 5.41) is 17.2. The molecule has 1 aromatic heterocycles. The Morgan fingerprint density at radius 3 is 2.65 bits per heavy atom. The zero-order valence-electron chi connectivity index (χ0n) is 25.1. The predicted octanol–water partition coefficient (Wildman–Crippen LogP) is 5.48. The van der Waals surface area contributed by atoms with Crippen molar-refractivity contribution in [1.82, 2.24) is 10.3 Å². The molecule has 0 saturated heterocycles. The summed E-state index contributed by atoms with van der Waals surface area (Å²) in [4.78, 5) is 28.4. The van der Waals surface area contributed by atoms with Gasteiger partial charge < -0.3 is 30.2 Å². The van der Waals surface area contributed by atoms with Gasteiger partial charge in [0.05, 0.1) is 43.3 Å². The third-order valence-electron chi connectivity index (χ3n) is 7.01. The SMILES string of the molecule is C=C.COc1ncccc1/C(C)=C/C=C(/O)C(C)C1Nc2ccc(C(=O)NCC(=NCc3ccccc3)ON)cc2N1C. The molecule has 2 heterocycles. The largest absolute Gasteiger partial charge is 0.512 e. The number of carbonyl (C=O) groups is 1. The molecule has 226 valence electrons. The number of ether oxygens (including phenoxy) is 1. The van der Waals surface area contributed by atoms with Crippen molar-refractivity contribution >= 4 is 28.8 Å². The molecule has 43 heavy (non-hydrogen) atoms. The summed E-state index contributed by atoms with van der Waals surface area (Å²) in [6.45, 7) is 10.3. The first kappa shape index (κ1) is 32.4. The number of amides is 1. The number of aromatic nitrogens is 1. The van der Waals surface area contributed by atoms with Crippen LogP contribution >= 0.6 is 0 Å². The van der Waals surface area contributed by atoms with Crippen LogP contribution in [-0.4, -0.2) is 48.8 Å². The van der Waals surface area contributed by atoms with Crippen LogP contribution in [0.15, 0.2) is 103 Å². The van der Waals surface area contributed by atoms with Gasteiger partial charge in [-0.3, -0.25) is 4.79 Å². The smallest absolute Gasteiger partial charge is 0.251 e. The highest BCUT2D eigenvalue weighted by atomic mass is 16.6. The molecule has 2 aromatic carbocycles. The van der Waals surface area contributed by atoms with E-state index < -0.39 is 0 Å². The van der Waals surface area contributed by atoms with Crippen LogP contribution in [0.4, 0.5) is 11.4 Å². The van der Waals surface area contributed by atoms with E-state index in [1.807, 2.05) is 86.5 Å². The van der Waals surface area contributed by atoms with Crippen LogP contribution in [0.25, 0.3) is 5.57 Å². The van der Waals surface area contributed by atoms with Gasteiger partial charge in [-0.1, -0.05) is 43.3 Å². The number of aliphatic hydroxyl groups excluding tert-OH is 1. The van der Waals surface area contributed by atoms with Crippen molar-refractivity contribution < 1.29 is 19.5 Å². The molecule has 5 N–H and O–H groups in total. The number of aliphatic imine (C=N–C) groups is 1. The number of anilines is 2. The molecule has 2 atom stereocenters. The summed E-state index contributed by atoms with van der Waals surface area (Å²) < 4.78 is 5.34. The summed E-state index contributed by atoms with van der Waals surface area (Å²) in [6, 6.07) is 18.9. The molecule has 0 aliphatic carbocycles. The van der Waals surface area contributed by atoms with E-state index in [4.69, 9.17) is 15.5 Å². The lowest BCUT2D eigenvalue weighted by Gasteiger charge is -2.27. The molecule has 10 heteroatoms. The molecule has 0 radical (unpaired) electrons. The van der Waals surface area contributed by atoms with Crippen LogP contribution < -0.4 is 26.2 Å². The highest BCUT2D eigenvalue weighted by Crippen LogP contribution is 2.37. The van der Waals surface area contributed by atoms with E-state index >= 15 is 0 Å². The number of hydrogen-bond acceptors (Lipinski definition) is 9. The van der Waals surface area contributed by atoms with E-state index in [1.54, 1.807) is 25.4 Å². The van der Waals surface area contributed by atoms with Crippen LogP contribution in [-0.2, 0) is 11.4 Å². The minimum Gasteiger partial charge on any atom is -0.512 e. The van der Waals surface area contributed by atoms with Gasteiger partial charge in [0.2, 0.25) is 11.8 Å². The Labute approximate surface area is 253 Å². The van der Waals surface area contributed by atoms with Gasteiger partial charge in [-0.05, 0) is 54.5 Å². The number of benzene rings is 2. The molecule has 10 nitrogen and oxygen atoms in total. The van der Waals surface area contributed by atoms with E-state index in [9.17, 15) is 9.90 Å². The molecule has 0 bridgehead atoms. The van der Waals surface area contributed by atoms with Crippen LogP contribution in [0.2, 0.25) is 0 Å². The van der Waals surface area contributed by atoms with Gasteiger partial charge in [0.15, 0.2) is 0 Å². The quantitative estimate of drug-likeness (QED) is 0.0615. The Hall–Kier alpha value is -5.09. The van der Waals surface area contributed by atoms with Crippen molar-refractivity contribution in [2.75, 3.05) is 30.9 Å². The summed E-state index contributed by atoms with van der Waals surface area (Å²) >= 11 is 0. The Kier molecular flexibility index (Phi) is 11.9. The van der Waals surface area contributed by atoms with Crippen LogP contribution in [0.1, 0.15) is 35.3 Å². The van der Waals surface area contributed by atoms with Crippen LogP contribution in [0.3, 0.4) is 0 Å². The zero-order valence-corrected chi connectivity index (χ0v) is 25.1. The Morgan fingerprint density at radius 1 is 1.21 bits per heavy atom. The Morgan fingerprint density at radius 2 is 1.95 bits per heavy atom. The fourth-order valence-corrected chi connectivity index (χ4v) is 4.58. The number of fused-ring (bicyclic) bond motifs is 1. The first-order chi connectivity index (χ1) is 20.8. The summed E-state index contributed by atoms with van der Waals surface area (Å²) in [7, 11) is 3.50. The third kappa shape index (κ3) is 8.23. The van der Waals surface area contributed by atoms with Crippen molar-refractivity contribution in [2.24, 2.45) is 16.8 Å². The summed E-state index contributed by atoms with van der Waals surface area (Å²) in [5.74, 6) is 5.80. The molecule has 1 aliphatic heterocycles. The van der Waals surface area contributed by atoms with Crippen molar-refractivity contribution in [1.29, 1.82) is 0 Å². The maximum Gasteiger partial charge on any atom is 0.251 e. The van der Waals surface area contributed by atoms with Gasteiger partial charge in [-0.25, -0.2) is 9.98 Å². The monoisotopic (exact) mass is 584 g/mol. The predicted molar refractivity (Wildman–Crippen MR) is 173 cm³/mol. The van der Waals surface area contributed by atoms with Crippen molar-refractivity contribution in [2.45, 2.75) is 26.6 Å². The lowest BCUT2D eigenvalue weighted by atomic mass is 10.0. The Bertz CT molecular complexity index is 1470. The van der Waals surface area contributed by atoms with E-state index in [1.165, 1.54) is 0 Å². The van der Waals surface area contributed by atoms with E-state index in [0.717, 1.165) is 28.1 Å². The number of nitrogens with one attached hydrogen (secondary N) is 2. The molecule has 1 amide bonds. The van der Waals surface area contributed by atoms with E-state index in [-0.39, 0.29) is 36.2 Å². The molecule has 1 aliphatic rings. The molecular weight excluding hydrogens is 544 g/mol. The fourth-order valence-electron chi connectivity index (χ4n) is 4.58. The van der Waals surface area contributed by atoms with Crippen molar-refractivity contribution in [3.05, 3.63) is 115 Å². The molecule has 4 rings (SSSR count). The van der Waals surface area contributed by atoms with Gasteiger partial charge in [-0.2, -0.15) is 5.90 Å². The normalized spacial score (nSPS) is 15.4. The van der Waals surface area contributed by atoms with Crippen LogP contribution in [0.5, 0.6) is 5.88 Å². The molecule has 0 fully saturated rings. The second-order valence-electron chi connectivity index (χ2n) is 9.72. The average molecular weight is 585 g/mol. The Balaban J connectivity index is 0.00000248. The zero-order chi connectivity index (χ0) is 31.4. The van der Waals surface area contributed by atoms with E-state index in [2.05, 4.69) is 33.8 Å². The number of aliphatic hydroxyl groups is 1. The second-order valence-corrected chi connectivity index (χ2v) is 9.72. The average Bonchev–Trinajstić information content (AvgIpc) is 3.39. The fraction of sp³-hybridized carbons (Fsp3) is 0.242. The van der Waals surface area contributed by atoms with Gasteiger partial charge in [0.25, 0.3) is 5.91 Å². The van der Waals surface area contributed by atoms with Crippen molar-refractivity contribution in [3.8, 4) is 5.88 Å². The third-order valence-corrected chi connectivity index (χ3v) is 7.01. The summed E-state index contributed by atoms with van der Waals surface area (Å²) in [5.41, 5.74) is 4.97. The first-order valence-corrected chi connectivity index (χ1v) is 13.7. The number of carbonyl (C=O) groups excluding carboxylic acids is 1. The summed E-state index contributed by atoms with van der Waals surface area (Å²) in [6.07, 6.45) is 4.99. The first-order valence-electron chi connectivity index (χ1n) is 13.7. The molecule has 0 saturated carbocycles. The van der Waals surface area contributed by atoms with Crippen LogP contribution in [0, 0.1) is 5.92 Å². The molecule has 0 spiro atoms. The van der Waals surface area contributed by atoms with E-state index in [0.29, 0.717) is 18.0 Å². The number of rotatable bonds is 10. The standard InChI is InChI=1S/C31H36N6O4.C2H4/c1-20(24-11-8-16-33-31(24)40-4)12-15-27(38)21(2)29-36-25-14-13-23(17-26(25)37(29)3)30(39)35-19-28(41-32)34-18-22-9-6-5-7-10-22;1-2/h5-17,21,29,36,38H,18-19,32H2,1-4H3,(H,35,39);1-2H2/b20-12+,27-15+,34-28?;. The van der Waals surface area contributed by atoms with Crippen molar-refractivity contribution in [3.63, 3.8) is 0 Å². The number of nitrogens with zero attached hydrogens (tertiary/aromatic N) is 3. The number of nitrogens with two attached hydrogens (primary N) is 1.